The van der Waals surface area contributed by atoms with Crippen LogP contribution in [-0.2, 0) is 9.59 Å². The van der Waals surface area contributed by atoms with E-state index in [1.807, 2.05) is 31.2 Å². The number of rotatable bonds is 10. The minimum atomic E-state index is -0.583. The number of carbonyl (C=O) groups is 2. The zero-order valence-corrected chi connectivity index (χ0v) is 15.2. The molecule has 0 aliphatic carbocycles. The second-order valence-electron chi connectivity index (χ2n) is 6.20. The lowest BCUT2D eigenvalue weighted by atomic mass is 10.0. The first-order valence-corrected chi connectivity index (χ1v) is 8.75. The van der Waals surface area contributed by atoms with Crippen LogP contribution in [0.5, 0.6) is 5.75 Å². The molecule has 0 fully saturated rings. The van der Waals surface area contributed by atoms with E-state index in [9.17, 15) is 9.59 Å². The molecule has 134 valence electrons. The van der Waals surface area contributed by atoms with Gasteiger partial charge in [-0.3, -0.25) is 9.59 Å². The van der Waals surface area contributed by atoms with Crippen molar-refractivity contribution in [1.29, 1.82) is 0 Å². The summed E-state index contributed by atoms with van der Waals surface area (Å²) in [4.78, 5) is 23.6. The van der Waals surface area contributed by atoms with Crippen LogP contribution in [0.4, 0.5) is 0 Å². The van der Waals surface area contributed by atoms with Crippen LogP contribution < -0.4 is 15.4 Å². The van der Waals surface area contributed by atoms with Gasteiger partial charge in [-0.2, -0.15) is 0 Å². The van der Waals surface area contributed by atoms with Crippen molar-refractivity contribution in [1.82, 2.24) is 10.6 Å². The number of amides is 2. The fourth-order valence-corrected chi connectivity index (χ4v) is 2.27. The molecule has 0 aliphatic heterocycles. The van der Waals surface area contributed by atoms with Gasteiger partial charge in [0, 0.05) is 19.5 Å². The number of hydrogen-bond donors (Lipinski definition) is 2. The lowest BCUT2D eigenvalue weighted by Crippen LogP contribution is -2.40. The highest BCUT2D eigenvalue weighted by Gasteiger charge is 2.16. The summed E-state index contributed by atoms with van der Waals surface area (Å²) in [6, 6.07) is 7.76. The number of unbranched alkanes of at least 4 members (excludes halogenated alkanes) is 1. The summed E-state index contributed by atoms with van der Waals surface area (Å²) in [5, 5.41) is 5.58. The molecular weight excluding hydrogens is 304 g/mol. The number of para-hydroxylation sites is 1. The number of benzene rings is 1. The van der Waals surface area contributed by atoms with Crippen molar-refractivity contribution in [2.45, 2.75) is 59.0 Å². The number of carbonyl (C=O) groups excluding carboxylic acids is 2. The van der Waals surface area contributed by atoms with Crippen molar-refractivity contribution >= 4 is 11.8 Å². The summed E-state index contributed by atoms with van der Waals surface area (Å²) in [5.74, 6) is 0.912. The third kappa shape index (κ3) is 7.02. The van der Waals surface area contributed by atoms with Gasteiger partial charge >= 0.3 is 0 Å². The zero-order chi connectivity index (χ0) is 17.9. The van der Waals surface area contributed by atoms with Gasteiger partial charge in [-0.15, -0.1) is 0 Å². The average Bonchev–Trinajstić information content (AvgIpc) is 2.56. The molecule has 5 heteroatoms. The first-order chi connectivity index (χ1) is 11.5. The quantitative estimate of drug-likeness (QED) is 0.646. The van der Waals surface area contributed by atoms with Crippen molar-refractivity contribution in [3.63, 3.8) is 0 Å². The Morgan fingerprint density at radius 3 is 2.42 bits per heavy atom. The Balaban J connectivity index is 2.37. The van der Waals surface area contributed by atoms with Gasteiger partial charge in [0.2, 0.25) is 5.91 Å². The third-order valence-corrected chi connectivity index (χ3v) is 3.72. The first kappa shape index (κ1) is 20.0. The summed E-state index contributed by atoms with van der Waals surface area (Å²) in [7, 11) is 0. The molecule has 0 heterocycles. The standard InChI is InChI=1S/C19H30N2O3/c1-5-6-11-18(22)20-12-13-21-19(23)15(4)24-17-10-8-7-9-16(17)14(2)3/h7-10,14-15H,5-6,11-13H2,1-4H3,(H,20,22)(H,21,23). The molecular formula is C19H30N2O3. The molecule has 0 radical (unpaired) electrons. The molecule has 0 saturated heterocycles. The van der Waals surface area contributed by atoms with E-state index in [1.165, 1.54) is 0 Å². The van der Waals surface area contributed by atoms with Gasteiger partial charge in [0.1, 0.15) is 5.75 Å². The van der Waals surface area contributed by atoms with Crippen LogP contribution in [0.1, 0.15) is 58.4 Å². The molecule has 0 aromatic heterocycles. The zero-order valence-electron chi connectivity index (χ0n) is 15.2. The van der Waals surface area contributed by atoms with Crippen LogP contribution in [0.2, 0.25) is 0 Å². The van der Waals surface area contributed by atoms with Crippen LogP contribution in [0.3, 0.4) is 0 Å². The predicted octanol–water partition coefficient (Wildman–Crippen LogP) is 3.00. The Morgan fingerprint density at radius 2 is 1.75 bits per heavy atom. The van der Waals surface area contributed by atoms with Crippen molar-refractivity contribution in [2.24, 2.45) is 0 Å². The summed E-state index contributed by atoms with van der Waals surface area (Å²) < 4.78 is 5.80. The molecule has 1 atom stereocenters. The van der Waals surface area contributed by atoms with Gasteiger partial charge in [-0.25, -0.2) is 0 Å². The smallest absolute Gasteiger partial charge is 0.260 e. The Bertz CT molecular complexity index is 529. The van der Waals surface area contributed by atoms with Gasteiger partial charge < -0.3 is 15.4 Å². The maximum absolute atomic E-state index is 12.1. The SMILES string of the molecule is CCCCC(=O)NCCNC(=O)C(C)Oc1ccccc1C(C)C. The molecule has 2 N–H and O–H groups in total. The van der Waals surface area contributed by atoms with Gasteiger partial charge in [0.25, 0.3) is 5.91 Å². The molecule has 0 bridgehead atoms. The van der Waals surface area contributed by atoms with Gasteiger partial charge in [-0.05, 0) is 30.9 Å². The van der Waals surface area contributed by atoms with Crippen LogP contribution in [0, 0.1) is 0 Å². The maximum Gasteiger partial charge on any atom is 0.260 e. The van der Waals surface area contributed by atoms with Gasteiger partial charge in [-0.1, -0.05) is 45.4 Å². The summed E-state index contributed by atoms with van der Waals surface area (Å²) in [5.41, 5.74) is 1.08. The Hall–Kier alpha value is -2.04. The van der Waals surface area contributed by atoms with E-state index < -0.39 is 6.10 Å². The van der Waals surface area contributed by atoms with E-state index in [0.29, 0.717) is 25.4 Å². The van der Waals surface area contributed by atoms with E-state index in [1.54, 1.807) is 6.92 Å². The number of ether oxygens (including phenoxy) is 1. The van der Waals surface area contributed by atoms with Crippen LogP contribution in [0.25, 0.3) is 0 Å². The highest BCUT2D eigenvalue weighted by atomic mass is 16.5. The number of hydrogen-bond acceptors (Lipinski definition) is 3. The highest BCUT2D eigenvalue weighted by molar-refractivity contribution is 5.81. The molecule has 0 aliphatic rings. The fraction of sp³-hybridized carbons (Fsp3) is 0.579. The Labute approximate surface area is 145 Å². The minimum Gasteiger partial charge on any atom is -0.481 e. The summed E-state index contributed by atoms with van der Waals surface area (Å²) in [6.07, 6.45) is 1.84. The second-order valence-corrected chi connectivity index (χ2v) is 6.20. The van der Waals surface area contributed by atoms with Crippen LogP contribution in [0.15, 0.2) is 24.3 Å². The van der Waals surface area contributed by atoms with Crippen molar-refractivity contribution in [2.75, 3.05) is 13.1 Å². The predicted molar refractivity (Wildman–Crippen MR) is 96.2 cm³/mol. The molecule has 2 amide bonds. The van der Waals surface area contributed by atoms with Gasteiger partial charge in [0.15, 0.2) is 6.10 Å². The normalized spacial score (nSPS) is 11.9. The monoisotopic (exact) mass is 334 g/mol. The maximum atomic E-state index is 12.1. The van der Waals surface area contributed by atoms with Crippen LogP contribution >= 0.6 is 0 Å². The lowest BCUT2D eigenvalue weighted by molar-refractivity contribution is -0.127. The topological polar surface area (TPSA) is 67.4 Å². The minimum absolute atomic E-state index is 0.0289. The first-order valence-electron chi connectivity index (χ1n) is 8.75. The van der Waals surface area contributed by atoms with E-state index in [-0.39, 0.29) is 11.8 Å². The van der Waals surface area contributed by atoms with E-state index in [4.69, 9.17) is 4.74 Å². The van der Waals surface area contributed by atoms with E-state index in [0.717, 1.165) is 24.2 Å². The molecule has 0 saturated carbocycles. The number of nitrogens with one attached hydrogen (secondary N) is 2. The van der Waals surface area contributed by atoms with Crippen LogP contribution in [-0.4, -0.2) is 31.0 Å². The molecule has 0 spiro atoms. The van der Waals surface area contributed by atoms with E-state index in [2.05, 4.69) is 24.5 Å². The van der Waals surface area contributed by atoms with Crippen molar-refractivity contribution in [3.05, 3.63) is 29.8 Å². The molecule has 1 aromatic rings. The average molecular weight is 334 g/mol. The Kier molecular flexibility index (Phi) is 8.90. The second kappa shape index (κ2) is 10.7. The molecule has 24 heavy (non-hydrogen) atoms. The summed E-state index contributed by atoms with van der Waals surface area (Å²) in [6.45, 7) is 8.79. The third-order valence-electron chi connectivity index (χ3n) is 3.72. The van der Waals surface area contributed by atoms with Gasteiger partial charge in [0.05, 0.1) is 0 Å². The highest BCUT2D eigenvalue weighted by Crippen LogP contribution is 2.26. The molecule has 1 aromatic carbocycles. The molecule has 1 unspecified atom stereocenters. The van der Waals surface area contributed by atoms with Crippen molar-refractivity contribution in [3.8, 4) is 5.75 Å². The fourth-order valence-electron chi connectivity index (χ4n) is 2.27. The van der Waals surface area contributed by atoms with Crippen molar-refractivity contribution < 1.29 is 14.3 Å². The largest absolute Gasteiger partial charge is 0.481 e. The molecule has 1 rings (SSSR count). The molecule has 5 nitrogen and oxygen atoms in total. The summed E-state index contributed by atoms with van der Waals surface area (Å²) >= 11 is 0. The lowest BCUT2D eigenvalue weighted by Gasteiger charge is -2.18. The van der Waals surface area contributed by atoms with E-state index >= 15 is 0 Å². The Morgan fingerprint density at radius 1 is 1.08 bits per heavy atom.